The fraction of sp³-hybridized carbons (Fsp3) is 0.855. The molecule has 0 spiro atoms. The summed E-state index contributed by atoms with van der Waals surface area (Å²) in [5.74, 6) is -0.854. The predicted octanol–water partition coefficient (Wildman–Crippen LogP) is 25.3. The van der Waals surface area contributed by atoms with Crippen molar-refractivity contribution >= 4 is 17.9 Å². The Hall–Kier alpha value is -2.63. The highest BCUT2D eigenvalue weighted by atomic mass is 16.6. The lowest BCUT2D eigenvalue weighted by atomic mass is 10.0. The molecule has 0 aromatic carbocycles. The summed E-state index contributed by atoms with van der Waals surface area (Å²) in [7, 11) is 0. The molecule has 0 aliphatic carbocycles. The fourth-order valence-corrected chi connectivity index (χ4v) is 11.0. The van der Waals surface area contributed by atoms with Crippen LogP contribution in [0.4, 0.5) is 0 Å². The molecule has 0 amide bonds. The van der Waals surface area contributed by atoms with Crippen LogP contribution in [0.3, 0.4) is 0 Å². The van der Waals surface area contributed by atoms with Crippen LogP contribution >= 0.6 is 0 Å². The minimum atomic E-state index is -0.776. The van der Waals surface area contributed by atoms with Crippen LogP contribution in [0.1, 0.15) is 400 Å². The van der Waals surface area contributed by atoms with Crippen LogP contribution in [0.2, 0.25) is 0 Å². The summed E-state index contributed by atoms with van der Waals surface area (Å²) in [6.45, 7) is 6.68. The van der Waals surface area contributed by atoms with E-state index in [2.05, 4.69) is 69.4 Å². The highest BCUT2D eigenvalue weighted by Crippen LogP contribution is 2.18. The molecule has 0 heterocycles. The molecule has 82 heavy (non-hydrogen) atoms. The van der Waals surface area contributed by atoms with Gasteiger partial charge in [0.15, 0.2) is 6.10 Å². The zero-order valence-electron chi connectivity index (χ0n) is 55.3. The minimum Gasteiger partial charge on any atom is -0.462 e. The Morgan fingerprint density at radius 3 is 0.695 bits per heavy atom. The molecule has 480 valence electrons. The van der Waals surface area contributed by atoms with E-state index >= 15 is 0 Å². The zero-order valence-corrected chi connectivity index (χ0v) is 55.3. The quantitative estimate of drug-likeness (QED) is 0.0261. The number of hydrogen-bond acceptors (Lipinski definition) is 6. The molecule has 0 aromatic rings. The molecule has 6 heteroatoms. The smallest absolute Gasteiger partial charge is 0.306 e. The van der Waals surface area contributed by atoms with E-state index in [1.165, 1.54) is 283 Å². The van der Waals surface area contributed by atoms with Gasteiger partial charge in [0.05, 0.1) is 0 Å². The number of rotatable bonds is 68. The third-order valence-electron chi connectivity index (χ3n) is 16.6. The van der Waals surface area contributed by atoms with Crippen LogP contribution in [-0.2, 0) is 28.6 Å². The maximum Gasteiger partial charge on any atom is 0.306 e. The molecule has 0 saturated carbocycles. The fourth-order valence-electron chi connectivity index (χ4n) is 11.0. The highest BCUT2D eigenvalue weighted by Gasteiger charge is 2.19. The van der Waals surface area contributed by atoms with E-state index in [9.17, 15) is 14.4 Å². The van der Waals surface area contributed by atoms with Crippen molar-refractivity contribution in [1.82, 2.24) is 0 Å². The summed E-state index contributed by atoms with van der Waals surface area (Å²) < 4.78 is 17.0. The van der Waals surface area contributed by atoms with E-state index in [1.807, 2.05) is 0 Å². The Labute approximate surface area is 511 Å². The third kappa shape index (κ3) is 68.2. The molecule has 0 rings (SSSR count). The lowest BCUT2D eigenvalue weighted by molar-refractivity contribution is -0.167. The molecular weight excluding hydrogens is 1010 g/mol. The van der Waals surface area contributed by atoms with Gasteiger partial charge in [0.1, 0.15) is 13.2 Å². The molecule has 0 N–H and O–H groups in total. The molecule has 0 radical (unpaired) electrons. The Morgan fingerprint density at radius 2 is 0.439 bits per heavy atom. The maximum absolute atomic E-state index is 13.0. The number of unbranched alkanes of at least 4 members (excludes halogenated alkanes) is 49. The summed E-state index contributed by atoms with van der Waals surface area (Å²) in [6, 6.07) is 0. The summed E-state index contributed by atoms with van der Waals surface area (Å²) in [4.78, 5) is 38.5. The van der Waals surface area contributed by atoms with Crippen molar-refractivity contribution in [2.75, 3.05) is 13.2 Å². The first-order valence-electron chi connectivity index (χ1n) is 36.6. The second-order valence-electron chi connectivity index (χ2n) is 24.9. The number of ether oxygens (including phenoxy) is 3. The van der Waals surface area contributed by atoms with Gasteiger partial charge < -0.3 is 14.2 Å². The van der Waals surface area contributed by atoms with Gasteiger partial charge in [-0.1, -0.05) is 345 Å². The van der Waals surface area contributed by atoms with Gasteiger partial charge in [0, 0.05) is 19.3 Å². The second kappa shape index (κ2) is 70.9. The summed E-state index contributed by atoms with van der Waals surface area (Å²) in [6.07, 6.45) is 90.0. The largest absolute Gasteiger partial charge is 0.462 e. The van der Waals surface area contributed by atoms with E-state index < -0.39 is 6.10 Å². The SMILES string of the molecule is CCCCCCC/C=C\C/C=C\C/C=C\CCCCCCCCCCCCCCC(=O)OCC(COC(=O)CCCCCCC/C=C\CCCCCCC)OC(=O)CCCCCCCCCCCCCCCCCCCCCCCCC. The summed E-state index contributed by atoms with van der Waals surface area (Å²) in [5.41, 5.74) is 0. The van der Waals surface area contributed by atoms with Crippen molar-refractivity contribution in [3.8, 4) is 0 Å². The normalized spacial score (nSPS) is 12.3. The van der Waals surface area contributed by atoms with Gasteiger partial charge in [-0.25, -0.2) is 0 Å². The summed E-state index contributed by atoms with van der Waals surface area (Å²) in [5, 5.41) is 0. The van der Waals surface area contributed by atoms with Gasteiger partial charge in [-0.15, -0.1) is 0 Å². The van der Waals surface area contributed by atoms with Gasteiger partial charge in [-0.05, 0) is 83.5 Å². The van der Waals surface area contributed by atoms with Crippen molar-refractivity contribution in [2.24, 2.45) is 0 Å². The van der Waals surface area contributed by atoms with E-state index in [1.54, 1.807) is 0 Å². The van der Waals surface area contributed by atoms with Gasteiger partial charge >= 0.3 is 17.9 Å². The molecule has 1 atom stereocenters. The highest BCUT2D eigenvalue weighted by molar-refractivity contribution is 5.71. The molecule has 0 aromatic heterocycles. The van der Waals surface area contributed by atoms with Gasteiger partial charge in [0.2, 0.25) is 0 Å². The predicted molar refractivity (Wildman–Crippen MR) is 358 cm³/mol. The van der Waals surface area contributed by atoms with Crippen molar-refractivity contribution in [1.29, 1.82) is 0 Å². The number of carbonyl (C=O) groups excluding carboxylic acids is 3. The number of allylic oxidation sites excluding steroid dienone is 8. The van der Waals surface area contributed by atoms with E-state index in [0.29, 0.717) is 19.3 Å². The van der Waals surface area contributed by atoms with Crippen LogP contribution in [0.25, 0.3) is 0 Å². The topological polar surface area (TPSA) is 78.9 Å². The van der Waals surface area contributed by atoms with Crippen LogP contribution in [-0.4, -0.2) is 37.2 Å². The number of carbonyl (C=O) groups is 3. The van der Waals surface area contributed by atoms with Crippen LogP contribution in [0.15, 0.2) is 48.6 Å². The van der Waals surface area contributed by atoms with Crippen LogP contribution in [0, 0.1) is 0 Å². The molecule has 0 aliphatic rings. The molecule has 0 fully saturated rings. The van der Waals surface area contributed by atoms with Crippen LogP contribution in [0.5, 0.6) is 0 Å². The van der Waals surface area contributed by atoms with Gasteiger partial charge in [-0.3, -0.25) is 14.4 Å². The average molecular weight is 1150 g/mol. The molecule has 0 saturated heterocycles. The summed E-state index contributed by atoms with van der Waals surface area (Å²) >= 11 is 0. The first-order chi connectivity index (χ1) is 40.5. The number of esters is 3. The van der Waals surface area contributed by atoms with Gasteiger partial charge in [-0.2, -0.15) is 0 Å². The lowest BCUT2D eigenvalue weighted by Gasteiger charge is -2.18. The average Bonchev–Trinajstić information content (AvgIpc) is 3.48. The first-order valence-corrected chi connectivity index (χ1v) is 36.6. The van der Waals surface area contributed by atoms with Crippen molar-refractivity contribution in [3.63, 3.8) is 0 Å². The maximum atomic E-state index is 13.0. The second-order valence-corrected chi connectivity index (χ2v) is 24.9. The first kappa shape index (κ1) is 79.4. The Balaban J connectivity index is 4.25. The van der Waals surface area contributed by atoms with E-state index in [4.69, 9.17) is 14.2 Å². The van der Waals surface area contributed by atoms with Gasteiger partial charge in [0.25, 0.3) is 0 Å². The molecule has 6 nitrogen and oxygen atoms in total. The van der Waals surface area contributed by atoms with Crippen molar-refractivity contribution in [2.45, 2.75) is 406 Å². The Morgan fingerprint density at radius 1 is 0.244 bits per heavy atom. The number of hydrogen-bond donors (Lipinski definition) is 0. The lowest BCUT2D eigenvalue weighted by Crippen LogP contribution is -2.30. The zero-order chi connectivity index (χ0) is 59.2. The molecule has 0 aliphatic heterocycles. The van der Waals surface area contributed by atoms with E-state index in [0.717, 1.165) is 77.0 Å². The Kier molecular flexibility index (Phi) is 68.6. The minimum absolute atomic E-state index is 0.0722. The Bertz CT molecular complexity index is 1410. The monoisotopic (exact) mass is 1150 g/mol. The van der Waals surface area contributed by atoms with Crippen molar-refractivity contribution < 1.29 is 28.6 Å². The molecular formula is C76H140O6. The standard InChI is InChI=1S/C76H140O6/c1-4-7-10-13-16-19-22-25-28-30-32-34-36-37-38-39-41-42-44-46-48-51-54-57-60-63-66-69-75(78)81-72-73(71-80-74(77)68-65-62-59-56-53-50-27-24-21-18-15-12-9-6-3)82-76(79)70-67-64-61-58-55-52-49-47-45-43-40-35-33-31-29-26-23-20-17-14-11-8-5-2/h22,24-25,27,30,32,36-37,73H,4-21,23,26,28-29,31,33-35,38-72H2,1-3H3/b25-22-,27-24-,32-30-,37-36-. The van der Waals surface area contributed by atoms with Crippen molar-refractivity contribution in [3.05, 3.63) is 48.6 Å². The van der Waals surface area contributed by atoms with Crippen LogP contribution < -0.4 is 0 Å². The van der Waals surface area contributed by atoms with E-state index in [-0.39, 0.29) is 31.1 Å². The molecule has 0 bridgehead atoms. The molecule has 1 unspecified atom stereocenters. The third-order valence-corrected chi connectivity index (χ3v) is 16.6.